The summed E-state index contributed by atoms with van der Waals surface area (Å²) in [6, 6.07) is 1.27. The quantitative estimate of drug-likeness (QED) is 0.685. The molecular formula is C13H27N3O. The SMILES string of the molecule is CC(C)N1CCCC(NCCCC(N)=O)CC1. The van der Waals surface area contributed by atoms with Gasteiger partial charge in [-0.3, -0.25) is 4.79 Å². The second-order valence-electron chi connectivity index (χ2n) is 5.28. The molecule has 0 aliphatic carbocycles. The van der Waals surface area contributed by atoms with E-state index in [1.807, 2.05) is 0 Å². The van der Waals surface area contributed by atoms with E-state index < -0.39 is 0 Å². The van der Waals surface area contributed by atoms with Gasteiger partial charge in [-0.1, -0.05) is 0 Å². The van der Waals surface area contributed by atoms with Crippen molar-refractivity contribution in [2.75, 3.05) is 19.6 Å². The van der Waals surface area contributed by atoms with E-state index in [4.69, 9.17) is 5.73 Å². The van der Waals surface area contributed by atoms with Crippen LogP contribution in [0.25, 0.3) is 0 Å². The van der Waals surface area contributed by atoms with E-state index in [1.54, 1.807) is 0 Å². The molecule has 0 aromatic carbocycles. The first kappa shape index (κ1) is 14.5. The van der Waals surface area contributed by atoms with Crippen LogP contribution in [-0.4, -0.2) is 42.5 Å². The Labute approximate surface area is 105 Å². The fourth-order valence-electron chi connectivity index (χ4n) is 2.41. The zero-order chi connectivity index (χ0) is 12.7. The fourth-order valence-corrected chi connectivity index (χ4v) is 2.41. The summed E-state index contributed by atoms with van der Waals surface area (Å²) >= 11 is 0. The molecule has 4 nitrogen and oxygen atoms in total. The molecule has 1 atom stereocenters. The Morgan fingerprint density at radius 2 is 2.18 bits per heavy atom. The van der Waals surface area contributed by atoms with Gasteiger partial charge in [0.05, 0.1) is 0 Å². The third-order valence-electron chi connectivity index (χ3n) is 3.53. The molecule has 1 amide bonds. The maximum Gasteiger partial charge on any atom is 0.217 e. The molecule has 0 aromatic heterocycles. The van der Waals surface area contributed by atoms with Crippen molar-refractivity contribution in [2.24, 2.45) is 5.73 Å². The minimum atomic E-state index is -0.196. The van der Waals surface area contributed by atoms with Crippen molar-refractivity contribution in [3.63, 3.8) is 0 Å². The first-order valence-corrected chi connectivity index (χ1v) is 6.85. The number of primary amides is 1. The van der Waals surface area contributed by atoms with Gasteiger partial charge < -0.3 is 16.0 Å². The first-order valence-electron chi connectivity index (χ1n) is 6.85. The second-order valence-corrected chi connectivity index (χ2v) is 5.28. The molecule has 0 bridgehead atoms. The first-order chi connectivity index (χ1) is 8.09. The molecule has 3 N–H and O–H groups in total. The lowest BCUT2D eigenvalue weighted by atomic mass is 10.1. The Bertz CT molecular complexity index is 231. The standard InChI is InChI=1S/C13H27N3O/c1-11(2)16-9-4-5-12(7-10-16)15-8-3-6-13(14)17/h11-12,15H,3-10H2,1-2H3,(H2,14,17). The van der Waals surface area contributed by atoms with Crippen LogP contribution < -0.4 is 11.1 Å². The van der Waals surface area contributed by atoms with Gasteiger partial charge >= 0.3 is 0 Å². The summed E-state index contributed by atoms with van der Waals surface area (Å²) < 4.78 is 0. The highest BCUT2D eigenvalue weighted by atomic mass is 16.1. The molecule has 1 fully saturated rings. The van der Waals surface area contributed by atoms with Gasteiger partial charge in [0.2, 0.25) is 5.91 Å². The zero-order valence-electron chi connectivity index (χ0n) is 11.2. The molecule has 0 aromatic rings. The van der Waals surface area contributed by atoms with Crippen LogP contribution in [0, 0.1) is 0 Å². The molecule has 0 saturated carbocycles. The van der Waals surface area contributed by atoms with Crippen molar-refractivity contribution >= 4 is 5.91 Å². The number of rotatable bonds is 6. The molecule has 4 heteroatoms. The third-order valence-corrected chi connectivity index (χ3v) is 3.53. The van der Waals surface area contributed by atoms with Crippen molar-refractivity contribution in [1.29, 1.82) is 0 Å². The Morgan fingerprint density at radius 1 is 1.41 bits per heavy atom. The third kappa shape index (κ3) is 6.03. The molecule has 1 heterocycles. The van der Waals surface area contributed by atoms with Gasteiger partial charge in [-0.05, 0) is 59.2 Å². The number of hydrogen-bond acceptors (Lipinski definition) is 3. The maximum absolute atomic E-state index is 10.6. The lowest BCUT2D eigenvalue weighted by Gasteiger charge is -2.24. The summed E-state index contributed by atoms with van der Waals surface area (Å²) in [6.45, 7) is 7.85. The Kier molecular flexibility index (Phi) is 6.52. The molecule has 1 aliphatic heterocycles. The number of carbonyl (C=O) groups is 1. The highest BCUT2D eigenvalue weighted by Crippen LogP contribution is 2.13. The number of nitrogens with two attached hydrogens (primary N) is 1. The zero-order valence-corrected chi connectivity index (χ0v) is 11.2. The maximum atomic E-state index is 10.6. The Morgan fingerprint density at radius 3 is 2.82 bits per heavy atom. The summed E-state index contributed by atoms with van der Waals surface area (Å²) in [4.78, 5) is 13.2. The Balaban J connectivity index is 2.16. The van der Waals surface area contributed by atoms with Gasteiger partial charge in [-0.2, -0.15) is 0 Å². The minimum Gasteiger partial charge on any atom is -0.370 e. The van der Waals surface area contributed by atoms with Gasteiger partial charge in [-0.15, -0.1) is 0 Å². The van der Waals surface area contributed by atoms with Gasteiger partial charge in [0.1, 0.15) is 0 Å². The van der Waals surface area contributed by atoms with Crippen molar-refractivity contribution < 1.29 is 4.79 Å². The number of hydrogen-bond donors (Lipinski definition) is 2. The van der Waals surface area contributed by atoms with Gasteiger partial charge in [-0.25, -0.2) is 0 Å². The average Bonchev–Trinajstić information content (AvgIpc) is 2.49. The molecular weight excluding hydrogens is 214 g/mol. The lowest BCUT2D eigenvalue weighted by Crippen LogP contribution is -2.34. The number of nitrogens with one attached hydrogen (secondary N) is 1. The molecule has 1 rings (SSSR count). The second kappa shape index (κ2) is 7.67. The molecule has 1 saturated heterocycles. The van der Waals surface area contributed by atoms with E-state index in [1.165, 1.54) is 32.4 Å². The van der Waals surface area contributed by atoms with Gasteiger partial charge in [0, 0.05) is 18.5 Å². The highest BCUT2D eigenvalue weighted by Gasteiger charge is 2.17. The topological polar surface area (TPSA) is 58.4 Å². The van der Waals surface area contributed by atoms with Crippen LogP contribution >= 0.6 is 0 Å². The number of amides is 1. The van der Waals surface area contributed by atoms with Crippen molar-refractivity contribution in [2.45, 2.75) is 58.0 Å². The molecule has 1 unspecified atom stereocenters. The van der Waals surface area contributed by atoms with Gasteiger partial charge in [0.25, 0.3) is 0 Å². The minimum absolute atomic E-state index is 0.196. The molecule has 17 heavy (non-hydrogen) atoms. The largest absolute Gasteiger partial charge is 0.370 e. The summed E-state index contributed by atoms with van der Waals surface area (Å²) in [5.74, 6) is -0.196. The summed E-state index contributed by atoms with van der Waals surface area (Å²) in [5.41, 5.74) is 5.11. The summed E-state index contributed by atoms with van der Waals surface area (Å²) in [6.07, 6.45) is 5.10. The van der Waals surface area contributed by atoms with Crippen LogP contribution in [0.4, 0.5) is 0 Å². The summed E-state index contributed by atoms with van der Waals surface area (Å²) in [7, 11) is 0. The van der Waals surface area contributed by atoms with Crippen LogP contribution in [0.5, 0.6) is 0 Å². The number of carbonyl (C=O) groups excluding carboxylic acids is 1. The fraction of sp³-hybridized carbons (Fsp3) is 0.923. The lowest BCUT2D eigenvalue weighted by molar-refractivity contribution is -0.118. The normalized spacial score (nSPS) is 22.6. The van der Waals surface area contributed by atoms with Crippen molar-refractivity contribution in [3.8, 4) is 0 Å². The van der Waals surface area contributed by atoms with E-state index in [0.717, 1.165) is 13.0 Å². The van der Waals surface area contributed by atoms with Gasteiger partial charge in [0.15, 0.2) is 0 Å². The van der Waals surface area contributed by atoms with Crippen LogP contribution in [0.3, 0.4) is 0 Å². The van der Waals surface area contributed by atoms with E-state index in [2.05, 4.69) is 24.1 Å². The van der Waals surface area contributed by atoms with Crippen LogP contribution in [0.1, 0.15) is 46.0 Å². The Hall–Kier alpha value is -0.610. The molecule has 0 spiro atoms. The highest BCUT2D eigenvalue weighted by molar-refractivity contribution is 5.73. The smallest absolute Gasteiger partial charge is 0.217 e. The molecule has 1 aliphatic rings. The number of nitrogens with zero attached hydrogens (tertiary/aromatic N) is 1. The van der Waals surface area contributed by atoms with Crippen molar-refractivity contribution in [3.05, 3.63) is 0 Å². The van der Waals surface area contributed by atoms with E-state index in [-0.39, 0.29) is 5.91 Å². The average molecular weight is 241 g/mol. The molecule has 0 radical (unpaired) electrons. The summed E-state index contributed by atoms with van der Waals surface area (Å²) in [5, 5.41) is 3.54. The predicted octanol–water partition coefficient (Wildman–Crippen LogP) is 1.10. The van der Waals surface area contributed by atoms with Crippen molar-refractivity contribution in [1.82, 2.24) is 10.2 Å². The van der Waals surface area contributed by atoms with Crippen LogP contribution in [-0.2, 0) is 4.79 Å². The van der Waals surface area contributed by atoms with Crippen LogP contribution in [0.15, 0.2) is 0 Å². The van der Waals surface area contributed by atoms with E-state index >= 15 is 0 Å². The molecule has 100 valence electrons. The number of likely N-dealkylation sites (tertiary alicyclic amines) is 1. The van der Waals surface area contributed by atoms with E-state index in [0.29, 0.717) is 18.5 Å². The van der Waals surface area contributed by atoms with Crippen LogP contribution in [0.2, 0.25) is 0 Å². The predicted molar refractivity (Wildman–Crippen MR) is 70.8 cm³/mol. The monoisotopic (exact) mass is 241 g/mol. The van der Waals surface area contributed by atoms with E-state index in [9.17, 15) is 4.79 Å².